The van der Waals surface area contributed by atoms with Gasteiger partial charge in [0.05, 0.1) is 12.1 Å². The van der Waals surface area contributed by atoms with Gasteiger partial charge < -0.3 is 14.8 Å². The van der Waals surface area contributed by atoms with E-state index in [1.807, 2.05) is 53.6 Å². The van der Waals surface area contributed by atoms with Crippen LogP contribution in [0.25, 0.3) is 10.9 Å². The molecular formula is C22H23N3O2. The first kappa shape index (κ1) is 17.3. The van der Waals surface area contributed by atoms with Gasteiger partial charge in [-0.05, 0) is 24.5 Å². The average Bonchev–Trinajstić information content (AvgIpc) is 3.36. The maximum absolute atomic E-state index is 12.7. The van der Waals surface area contributed by atoms with E-state index in [0.717, 1.165) is 36.8 Å². The Balaban J connectivity index is 1.54. The van der Waals surface area contributed by atoms with Crippen molar-refractivity contribution in [2.75, 3.05) is 19.6 Å². The third kappa shape index (κ3) is 3.72. The van der Waals surface area contributed by atoms with Crippen molar-refractivity contribution < 1.29 is 9.59 Å². The average molecular weight is 361 g/mol. The zero-order valence-corrected chi connectivity index (χ0v) is 15.2. The van der Waals surface area contributed by atoms with Gasteiger partial charge in [-0.1, -0.05) is 48.5 Å². The van der Waals surface area contributed by atoms with E-state index in [0.29, 0.717) is 12.1 Å². The highest BCUT2D eigenvalue weighted by Gasteiger charge is 2.20. The minimum atomic E-state index is -0.203. The molecule has 0 atom stereocenters. The van der Waals surface area contributed by atoms with E-state index in [4.69, 9.17) is 0 Å². The lowest BCUT2D eigenvalue weighted by Gasteiger charge is -2.15. The zero-order valence-electron chi connectivity index (χ0n) is 15.2. The molecule has 1 saturated heterocycles. The van der Waals surface area contributed by atoms with Crippen molar-refractivity contribution in [2.45, 2.75) is 19.4 Å². The number of carbonyl (C=O) groups is 2. The third-order valence-electron chi connectivity index (χ3n) is 5.09. The topological polar surface area (TPSA) is 54.3 Å². The molecule has 5 heteroatoms. The van der Waals surface area contributed by atoms with Gasteiger partial charge in [0, 0.05) is 36.7 Å². The fourth-order valence-corrected chi connectivity index (χ4v) is 3.67. The molecule has 2 aromatic carbocycles. The van der Waals surface area contributed by atoms with E-state index < -0.39 is 0 Å². The lowest BCUT2D eigenvalue weighted by Crippen LogP contribution is -2.38. The number of nitrogens with zero attached hydrogens (tertiary/aromatic N) is 2. The van der Waals surface area contributed by atoms with Crippen LogP contribution in [0.3, 0.4) is 0 Å². The van der Waals surface area contributed by atoms with E-state index in [1.165, 1.54) is 5.56 Å². The number of carbonyl (C=O) groups excluding carboxylic acids is 2. The Hall–Kier alpha value is -3.08. The Kier molecular flexibility index (Phi) is 4.92. The van der Waals surface area contributed by atoms with Crippen LogP contribution in [-0.2, 0) is 11.3 Å². The molecule has 1 fully saturated rings. The molecule has 2 heterocycles. The monoisotopic (exact) mass is 361 g/mol. The van der Waals surface area contributed by atoms with E-state index in [9.17, 15) is 9.59 Å². The second-order valence-electron chi connectivity index (χ2n) is 6.94. The van der Waals surface area contributed by atoms with Gasteiger partial charge in [0.1, 0.15) is 0 Å². The highest BCUT2D eigenvalue weighted by Crippen LogP contribution is 2.22. The summed E-state index contributed by atoms with van der Waals surface area (Å²) in [5.41, 5.74) is 2.79. The molecule has 4 rings (SSSR count). The van der Waals surface area contributed by atoms with Crippen LogP contribution < -0.4 is 5.32 Å². The van der Waals surface area contributed by atoms with Gasteiger partial charge in [0.15, 0.2) is 0 Å². The number of nitrogens with one attached hydrogen (secondary N) is 1. The van der Waals surface area contributed by atoms with Gasteiger partial charge in [-0.25, -0.2) is 0 Å². The van der Waals surface area contributed by atoms with Gasteiger partial charge >= 0.3 is 0 Å². The molecule has 1 aliphatic heterocycles. The van der Waals surface area contributed by atoms with Crippen LogP contribution >= 0.6 is 0 Å². The summed E-state index contributed by atoms with van der Waals surface area (Å²) in [4.78, 5) is 26.8. The number of amides is 2. The summed E-state index contributed by atoms with van der Waals surface area (Å²) in [7, 11) is 0. The lowest BCUT2D eigenvalue weighted by atomic mass is 10.1. The summed E-state index contributed by atoms with van der Waals surface area (Å²) < 4.78 is 2.09. The summed E-state index contributed by atoms with van der Waals surface area (Å²) in [5, 5.41) is 3.70. The lowest BCUT2D eigenvalue weighted by molar-refractivity contribution is -0.129. The number of hydrogen-bond donors (Lipinski definition) is 1. The Morgan fingerprint density at radius 3 is 2.41 bits per heavy atom. The molecule has 0 spiro atoms. The van der Waals surface area contributed by atoms with Crippen LogP contribution in [0.1, 0.15) is 28.8 Å². The van der Waals surface area contributed by atoms with Gasteiger partial charge in [-0.3, -0.25) is 9.59 Å². The van der Waals surface area contributed by atoms with Gasteiger partial charge in [-0.15, -0.1) is 0 Å². The molecular weight excluding hydrogens is 338 g/mol. The normalized spacial score (nSPS) is 13.9. The SMILES string of the molecule is O=C(NCC(=O)N1CCCC1)c1cn(Cc2ccccc2)c2ccccc12. The molecule has 1 aromatic heterocycles. The van der Waals surface area contributed by atoms with Gasteiger partial charge in [0.2, 0.25) is 5.91 Å². The molecule has 0 aliphatic carbocycles. The molecule has 2 amide bonds. The Morgan fingerprint density at radius 2 is 1.63 bits per heavy atom. The van der Waals surface area contributed by atoms with Crippen molar-refractivity contribution >= 4 is 22.7 Å². The Morgan fingerprint density at radius 1 is 0.926 bits per heavy atom. The second kappa shape index (κ2) is 7.66. The largest absolute Gasteiger partial charge is 0.343 e. The molecule has 0 unspecified atom stereocenters. The van der Waals surface area contributed by atoms with Gasteiger partial charge in [-0.2, -0.15) is 0 Å². The summed E-state index contributed by atoms with van der Waals surface area (Å²) in [5.74, 6) is -0.209. The van der Waals surface area contributed by atoms with E-state index in [1.54, 1.807) is 0 Å². The summed E-state index contributed by atoms with van der Waals surface area (Å²) in [6.45, 7) is 2.34. The van der Waals surface area contributed by atoms with Crippen LogP contribution in [0, 0.1) is 0 Å². The van der Waals surface area contributed by atoms with Crippen LogP contribution in [-0.4, -0.2) is 40.9 Å². The van der Waals surface area contributed by atoms with Crippen LogP contribution in [0.5, 0.6) is 0 Å². The molecule has 1 aliphatic rings. The first-order valence-electron chi connectivity index (χ1n) is 9.40. The number of aromatic nitrogens is 1. The van der Waals surface area contributed by atoms with Crippen LogP contribution in [0.2, 0.25) is 0 Å². The Bertz CT molecular complexity index is 956. The van der Waals surface area contributed by atoms with E-state index in [-0.39, 0.29) is 18.4 Å². The minimum absolute atomic E-state index is 0.00567. The molecule has 1 N–H and O–H groups in total. The first-order valence-corrected chi connectivity index (χ1v) is 9.40. The van der Waals surface area contributed by atoms with Crippen molar-refractivity contribution in [2.24, 2.45) is 0 Å². The van der Waals surface area contributed by atoms with Crippen molar-refractivity contribution in [3.63, 3.8) is 0 Å². The van der Waals surface area contributed by atoms with Crippen molar-refractivity contribution in [3.8, 4) is 0 Å². The summed E-state index contributed by atoms with van der Waals surface area (Å²) in [6, 6.07) is 18.0. The Labute approximate surface area is 158 Å². The summed E-state index contributed by atoms with van der Waals surface area (Å²) >= 11 is 0. The molecule has 0 radical (unpaired) electrons. The number of hydrogen-bond acceptors (Lipinski definition) is 2. The molecule has 0 bridgehead atoms. The summed E-state index contributed by atoms with van der Waals surface area (Å²) in [6.07, 6.45) is 3.98. The molecule has 3 aromatic rings. The van der Waals surface area contributed by atoms with Gasteiger partial charge in [0.25, 0.3) is 5.91 Å². The fraction of sp³-hybridized carbons (Fsp3) is 0.273. The highest BCUT2D eigenvalue weighted by atomic mass is 16.2. The molecule has 138 valence electrons. The smallest absolute Gasteiger partial charge is 0.253 e. The first-order chi connectivity index (χ1) is 13.2. The zero-order chi connectivity index (χ0) is 18.6. The van der Waals surface area contributed by atoms with Crippen molar-refractivity contribution in [1.29, 1.82) is 0 Å². The predicted molar refractivity (Wildman–Crippen MR) is 106 cm³/mol. The second-order valence-corrected chi connectivity index (χ2v) is 6.94. The van der Waals surface area contributed by atoms with Crippen molar-refractivity contribution in [1.82, 2.24) is 14.8 Å². The number of likely N-dealkylation sites (tertiary alicyclic amines) is 1. The minimum Gasteiger partial charge on any atom is -0.343 e. The fourth-order valence-electron chi connectivity index (χ4n) is 3.67. The molecule has 27 heavy (non-hydrogen) atoms. The quantitative estimate of drug-likeness (QED) is 0.759. The number of para-hydroxylation sites is 1. The number of rotatable bonds is 5. The highest BCUT2D eigenvalue weighted by molar-refractivity contribution is 6.07. The van der Waals surface area contributed by atoms with E-state index >= 15 is 0 Å². The predicted octanol–water partition coefficient (Wildman–Crippen LogP) is 3.04. The van der Waals surface area contributed by atoms with Crippen molar-refractivity contribution in [3.05, 3.63) is 71.9 Å². The molecule has 5 nitrogen and oxygen atoms in total. The molecule has 0 saturated carbocycles. The maximum atomic E-state index is 12.7. The van der Waals surface area contributed by atoms with Crippen LogP contribution in [0.4, 0.5) is 0 Å². The van der Waals surface area contributed by atoms with Crippen LogP contribution in [0.15, 0.2) is 60.8 Å². The third-order valence-corrected chi connectivity index (χ3v) is 5.09. The number of benzene rings is 2. The van der Waals surface area contributed by atoms with E-state index in [2.05, 4.69) is 22.0 Å². The maximum Gasteiger partial charge on any atom is 0.253 e. The number of fused-ring (bicyclic) bond motifs is 1. The standard InChI is InChI=1S/C22H23N3O2/c26-21(24-12-6-7-13-24)14-23-22(27)19-16-25(15-17-8-2-1-3-9-17)20-11-5-4-10-18(19)20/h1-5,8-11,16H,6-7,12-15H2,(H,23,27).